The number of ether oxygens (including phenoxy) is 2. The van der Waals surface area contributed by atoms with E-state index in [0.29, 0.717) is 18.2 Å². The van der Waals surface area contributed by atoms with Crippen LogP contribution in [0.5, 0.6) is 0 Å². The van der Waals surface area contributed by atoms with Crippen LogP contribution < -0.4 is 4.90 Å². The standard InChI is InChI=1S/C25H22ClF9N2O4/c1-4-41-22(39)37-12(2)5-19(16-9-18(26)17(10-20(16)37)25(33,34)35)36(21(38)40-3)11-13-6-14(23(27,28)29)8-15(7-13)24(30,31)32/h6-10,12,19H,4-5,11H2,1-3H3/t12-,19+/m1/s1. The summed E-state index contributed by atoms with van der Waals surface area (Å²) in [7, 11) is 0.903. The summed E-state index contributed by atoms with van der Waals surface area (Å²) in [5.74, 6) is 0. The van der Waals surface area contributed by atoms with Gasteiger partial charge in [-0.2, -0.15) is 39.5 Å². The lowest BCUT2D eigenvalue weighted by molar-refractivity contribution is -0.143. The first-order valence-corrected chi connectivity index (χ1v) is 12.2. The van der Waals surface area contributed by atoms with Gasteiger partial charge >= 0.3 is 30.7 Å². The summed E-state index contributed by atoms with van der Waals surface area (Å²) in [5, 5.41) is -0.817. The third kappa shape index (κ3) is 6.93. The zero-order valence-corrected chi connectivity index (χ0v) is 22.2. The monoisotopic (exact) mass is 620 g/mol. The molecule has 226 valence electrons. The smallest absolute Gasteiger partial charge is 0.417 e. The molecule has 0 saturated carbocycles. The minimum atomic E-state index is -5.17. The van der Waals surface area contributed by atoms with Gasteiger partial charge in [-0.25, -0.2) is 9.59 Å². The number of hydrogen-bond acceptors (Lipinski definition) is 4. The van der Waals surface area contributed by atoms with Crippen LogP contribution in [0.2, 0.25) is 5.02 Å². The van der Waals surface area contributed by atoms with Crippen LogP contribution >= 0.6 is 11.6 Å². The van der Waals surface area contributed by atoms with Crippen LogP contribution in [0.3, 0.4) is 0 Å². The summed E-state index contributed by atoms with van der Waals surface area (Å²) >= 11 is 5.92. The Morgan fingerprint density at radius 3 is 1.98 bits per heavy atom. The zero-order valence-electron chi connectivity index (χ0n) is 21.5. The van der Waals surface area contributed by atoms with E-state index in [-0.39, 0.29) is 30.3 Å². The number of anilines is 1. The molecule has 0 bridgehead atoms. The van der Waals surface area contributed by atoms with Gasteiger partial charge in [-0.3, -0.25) is 9.80 Å². The normalized spacial score (nSPS) is 17.6. The van der Waals surface area contributed by atoms with Crippen molar-refractivity contribution in [3.05, 3.63) is 63.2 Å². The quantitative estimate of drug-likeness (QED) is 0.322. The van der Waals surface area contributed by atoms with E-state index in [2.05, 4.69) is 0 Å². The molecule has 2 aromatic carbocycles. The summed E-state index contributed by atoms with van der Waals surface area (Å²) in [6.45, 7) is 1.87. The molecule has 0 N–H and O–H groups in total. The van der Waals surface area contributed by atoms with Gasteiger partial charge in [0.2, 0.25) is 0 Å². The van der Waals surface area contributed by atoms with E-state index in [4.69, 9.17) is 21.1 Å². The fraction of sp³-hybridized carbons (Fsp3) is 0.440. The van der Waals surface area contributed by atoms with E-state index in [0.717, 1.165) is 23.0 Å². The maximum Gasteiger partial charge on any atom is 0.417 e. The van der Waals surface area contributed by atoms with Crippen molar-refractivity contribution in [2.45, 2.75) is 57.4 Å². The fourth-order valence-corrected chi connectivity index (χ4v) is 4.84. The van der Waals surface area contributed by atoms with Crippen molar-refractivity contribution in [3.8, 4) is 0 Å². The molecule has 0 unspecified atom stereocenters. The molecule has 1 heterocycles. The van der Waals surface area contributed by atoms with Gasteiger partial charge in [0.25, 0.3) is 0 Å². The van der Waals surface area contributed by atoms with Crippen LogP contribution in [-0.4, -0.2) is 36.8 Å². The van der Waals surface area contributed by atoms with E-state index in [9.17, 15) is 49.1 Å². The Balaban J connectivity index is 2.23. The first-order valence-electron chi connectivity index (χ1n) is 11.8. The number of fused-ring (bicyclic) bond motifs is 1. The van der Waals surface area contributed by atoms with Crippen molar-refractivity contribution < 1.29 is 58.6 Å². The molecule has 0 aliphatic carbocycles. The predicted octanol–water partition coefficient (Wildman–Crippen LogP) is 8.46. The Labute approximate surface area is 232 Å². The molecule has 0 aromatic heterocycles. The molecular formula is C25H22ClF9N2O4. The number of benzene rings is 2. The molecule has 6 nitrogen and oxygen atoms in total. The molecule has 41 heavy (non-hydrogen) atoms. The van der Waals surface area contributed by atoms with E-state index >= 15 is 0 Å². The van der Waals surface area contributed by atoms with Crippen molar-refractivity contribution in [1.82, 2.24) is 4.90 Å². The Morgan fingerprint density at radius 2 is 1.51 bits per heavy atom. The van der Waals surface area contributed by atoms with Gasteiger partial charge in [-0.15, -0.1) is 0 Å². The van der Waals surface area contributed by atoms with Crippen molar-refractivity contribution in [3.63, 3.8) is 0 Å². The molecule has 1 aliphatic heterocycles. The van der Waals surface area contributed by atoms with E-state index in [1.807, 2.05) is 0 Å². The molecule has 2 aromatic rings. The molecule has 16 heteroatoms. The minimum absolute atomic E-state index is 0.0837. The van der Waals surface area contributed by atoms with Crippen LogP contribution in [0, 0.1) is 0 Å². The number of rotatable bonds is 4. The summed E-state index contributed by atoms with van der Waals surface area (Å²) in [5.41, 5.74) is -5.66. The van der Waals surface area contributed by atoms with Crippen LogP contribution in [-0.2, 0) is 34.5 Å². The number of amides is 2. The largest absolute Gasteiger partial charge is 0.453 e. The molecule has 2 amide bonds. The third-order valence-electron chi connectivity index (χ3n) is 6.30. The van der Waals surface area contributed by atoms with Gasteiger partial charge in [0, 0.05) is 18.2 Å². The predicted molar refractivity (Wildman–Crippen MR) is 127 cm³/mol. The first-order chi connectivity index (χ1) is 18.8. The van der Waals surface area contributed by atoms with Crippen LogP contribution in [0.4, 0.5) is 54.8 Å². The highest BCUT2D eigenvalue weighted by Crippen LogP contribution is 2.47. The number of nitrogens with zero attached hydrogens (tertiary/aromatic N) is 2. The molecule has 0 fully saturated rings. The highest BCUT2D eigenvalue weighted by atomic mass is 35.5. The molecular weight excluding hydrogens is 599 g/mol. The summed E-state index contributed by atoms with van der Waals surface area (Å²) < 4.78 is 131. The van der Waals surface area contributed by atoms with Crippen molar-refractivity contribution in [2.24, 2.45) is 0 Å². The van der Waals surface area contributed by atoms with E-state index < -0.39 is 76.6 Å². The maximum atomic E-state index is 13.7. The second-order valence-corrected chi connectivity index (χ2v) is 9.48. The summed E-state index contributed by atoms with van der Waals surface area (Å²) in [6.07, 6.45) is -17.7. The highest BCUT2D eigenvalue weighted by molar-refractivity contribution is 6.31. The van der Waals surface area contributed by atoms with Crippen molar-refractivity contribution >= 4 is 29.5 Å². The second kappa shape index (κ2) is 11.5. The number of alkyl halides is 9. The number of hydrogen-bond donors (Lipinski definition) is 0. The van der Waals surface area contributed by atoms with Crippen molar-refractivity contribution in [1.29, 1.82) is 0 Å². The maximum absolute atomic E-state index is 13.7. The fourth-order valence-electron chi connectivity index (χ4n) is 4.56. The van der Waals surface area contributed by atoms with Crippen LogP contribution in [0.25, 0.3) is 0 Å². The first kappa shape index (κ1) is 32.2. The molecule has 0 spiro atoms. The van der Waals surface area contributed by atoms with Crippen LogP contribution in [0.1, 0.15) is 54.1 Å². The molecule has 0 radical (unpaired) electrons. The van der Waals surface area contributed by atoms with Gasteiger partial charge in [0.1, 0.15) is 0 Å². The van der Waals surface area contributed by atoms with Crippen LogP contribution in [0.15, 0.2) is 30.3 Å². The Hall–Kier alpha value is -3.36. The number of halogens is 10. The van der Waals surface area contributed by atoms with Crippen molar-refractivity contribution in [2.75, 3.05) is 18.6 Å². The Morgan fingerprint density at radius 1 is 0.951 bits per heavy atom. The topological polar surface area (TPSA) is 59.1 Å². The minimum Gasteiger partial charge on any atom is -0.453 e. The molecule has 1 aliphatic rings. The molecule has 3 rings (SSSR count). The molecule has 2 atom stereocenters. The zero-order chi connectivity index (χ0) is 31.1. The Kier molecular flexibility index (Phi) is 9.01. The van der Waals surface area contributed by atoms with Gasteiger partial charge in [0.05, 0.1) is 47.2 Å². The second-order valence-electron chi connectivity index (χ2n) is 9.07. The lowest BCUT2D eigenvalue weighted by Gasteiger charge is -2.43. The number of methoxy groups -OCH3 is 1. The summed E-state index contributed by atoms with van der Waals surface area (Å²) in [6, 6.07) is -0.0780. The lowest BCUT2D eigenvalue weighted by atomic mass is 9.89. The number of carbonyl (C=O) groups excluding carboxylic acids is 2. The van der Waals surface area contributed by atoms with Gasteiger partial charge < -0.3 is 9.47 Å². The van der Waals surface area contributed by atoms with Gasteiger partial charge in [0.15, 0.2) is 0 Å². The average molecular weight is 621 g/mol. The van der Waals surface area contributed by atoms with Gasteiger partial charge in [-0.05, 0) is 56.2 Å². The highest BCUT2D eigenvalue weighted by Gasteiger charge is 2.43. The third-order valence-corrected chi connectivity index (χ3v) is 6.61. The average Bonchev–Trinajstić information content (AvgIpc) is 2.84. The lowest BCUT2D eigenvalue weighted by Crippen LogP contribution is -2.47. The number of carbonyl (C=O) groups is 2. The SMILES string of the molecule is CCOC(=O)N1c2cc(C(F)(F)F)c(Cl)cc2[C@@H](N(Cc2cc(C(F)(F)F)cc(C(F)(F)F)c2)C(=O)OC)C[C@H]1C. The van der Waals surface area contributed by atoms with E-state index in [1.165, 1.54) is 13.8 Å². The molecule has 0 saturated heterocycles. The summed E-state index contributed by atoms with van der Waals surface area (Å²) in [4.78, 5) is 27.2. The van der Waals surface area contributed by atoms with Gasteiger partial charge in [-0.1, -0.05) is 11.6 Å². The Bertz CT molecular complexity index is 1280. The van der Waals surface area contributed by atoms with E-state index in [1.54, 1.807) is 0 Å².